The summed E-state index contributed by atoms with van der Waals surface area (Å²) >= 11 is 0. The number of esters is 1. The number of ether oxygens (including phenoxy) is 1. The van der Waals surface area contributed by atoms with Crippen LogP contribution < -0.4 is 5.32 Å². The molecule has 1 aliphatic heterocycles. The fraction of sp³-hybridized carbons (Fsp3) is 0.692. The van der Waals surface area contributed by atoms with Crippen molar-refractivity contribution in [3.05, 3.63) is 11.8 Å². The van der Waals surface area contributed by atoms with Gasteiger partial charge in [-0.15, -0.1) is 0 Å². The quantitative estimate of drug-likeness (QED) is 0.810. The number of halogens is 3. The lowest BCUT2D eigenvalue weighted by atomic mass is 10.1. The van der Waals surface area contributed by atoms with Crippen molar-refractivity contribution in [1.29, 1.82) is 0 Å². The van der Waals surface area contributed by atoms with Gasteiger partial charge in [0.25, 0.3) is 0 Å². The van der Waals surface area contributed by atoms with E-state index in [0.717, 1.165) is 4.68 Å². The molecule has 0 fully saturated rings. The topological polar surface area (TPSA) is 56.2 Å². The predicted octanol–water partition coefficient (Wildman–Crippen LogP) is 3.15. The van der Waals surface area contributed by atoms with Gasteiger partial charge < -0.3 is 10.1 Å². The third-order valence-corrected chi connectivity index (χ3v) is 2.99. The first-order chi connectivity index (χ1) is 9.47. The lowest BCUT2D eigenvalue weighted by molar-refractivity contribution is -0.173. The van der Waals surface area contributed by atoms with Gasteiger partial charge in [-0.3, -0.25) is 0 Å². The van der Waals surface area contributed by atoms with E-state index in [1.807, 2.05) is 0 Å². The van der Waals surface area contributed by atoms with Crippen molar-refractivity contribution in [3.63, 3.8) is 0 Å². The van der Waals surface area contributed by atoms with E-state index in [2.05, 4.69) is 10.4 Å². The lowest BCUT2D eigenvalue weighted by Gasteiger charge is -2.31. The largest absolute Gasteiger partial charge is 0.455 e. The SMILES string of the molecule is C[C@@H]1C[C@H](C(F)(F)F)n2nc(C(=O)OC(C)(C)C)cc2N1. The molecule has 2 rings (SSSR count). The van der Waals surface area contributed by atoms with Gasteiger partial charge in [0, 0.05) is 12.1 Å². The number of rotatable bonds is 1. The van der Waals surface area contributed by atoms with Gasteiger partial charge in [-0.05, 0) is 34.1 Å². The molecule has 0 spiro atoms. The molecule has 1 N–H and O–H groups in total. The second-order valence-electron chi connectivity index (χ2n) is 6.20. The fourth-order valence-electron chi connectivity index (χ4n) is 2.19. The van der Waals surface area contributed by atoms with Crippen LogP contribution in [-0.2, 0) is 4.74 Å². The molecule has 118 valence electrons. The van der Waals surface area contributed by atoms with E-state index in [1.54, 1.807) is 27.7 Å². The van der Waals surface area contributed by atoms with Gasteiger partial charge in [0.1, 0.15) is 11.4 Å². The number of carbonyl (C=O) groups excluding carboxylic acids is 1. The summed E-state index contributed by atoms with van der Waals surface area (Å²) in [5, 5.41) is 6.67. The fourth-order valence-corrected chi connectivity index (χ4v) is 2.19. The zero-order valence-electron chi connectivity index (χ0n) is 12.3. The van der Waals surface area contributed by atoms with Crippen LogP contribution in [0.4, 0.5) is 19.0 Å². The minimum Gasteiger partial charge on any atom is -0.455 e. The van der Waals surface area contributed by atoms with Gasteiger partial charge >= 0.3 is 12.1 Å². The maximum Gasteiger partial charge on any atom is 0.410 e. The summed E-state index contributed by atoms with van der Waals surface area (Å²) in [4.78, 5) is 11.9. The predicted molar refractivity (Wildman–Crippen MR) is 70.2 cm³/mol. The molecule has 21 heavy (non-hydrogen) atoms. The van der Waals surface area contributed by atoms with E-state index in [-0.39, 0.29) is 24.0 Å². The van der Waals surface area contributed by atoms with E-state index in [4.69, 9.17) is 4.74 Å². The smallest absolute Gasteiger partial charge is 0.410 e. The molecular weight excluding hydrogens is 287 g/mol. The van der Waals surface area contributed by atoms with Gasteiger partial charge in [-0.1, -0.05) is 0 Å². The van der Waals surface area contributed by atoms with Gasteiger partial charge in [-0.2, -0.15) is 18.3 Å². The van der Waals surface area contributed by atoms with Crippen LogP contribution in [0.1, 0.15) is 50.6 Å². The monoisotopic (exact) mass is 305 g/mol. The van der Waals surface area contributed by atoms with Crippen molar-refractivity contribution in [1.82, 2.24) is 9.78 Å². The molecule has 0 saturated heterocycles. The minimum absolute atomic E-state index is 0.129. The number of hydrogen-bond donors (Lipinski definition) is 1. The molecule has 1 aromatic heterocycles. The van der Waals surface area contributed by atoms with Crippen molar-refractivity contribution in [2.75, 3.05) is 5.32 Å². The number of alkyl halides is 3. The molecule has 1 aromatic rings. The van der Waals surface area contributed by atoms with Crippen LogP contribution in [0.3, 0.4) is 0 Å². The number of hydrogen-bond acceptors (Lipinski definition) is 4. The Labute approximate surface area is 120 Å². The molecular formula is C13H18F3N3O2. The number of anilines is 1. The van der Waals surface area contributed by atoms with E-state index < -0.39 is 23.8 Å². The number of carbonyl (C=O) groups is 1. The number of aromatic nitrogens is 2. The molecule has 1 aliphatic rings. The third-order valence-electron chi connectivity index (χ3n) is 2.99. The highest BCUT2D eigenvalue weighted by Crippen LogP contribution is 2.39. The number of fused-ring (bicyclic) bond motifs is 1. The average Bonchev–Trinajstić information content (AvgIpc) is 2.67. The maximum atomic E-state index is 13.1. The standard InChI is InChI=1S/C13H18F3N3O2/c1-7-5-9(13(14,15)16)19-10(17-7)6-8(18-19)11(20)21-12(2,3)4/h6-7,9,17H,5H2,1-4H3/t7-,9-/m1/s1. The Morgan fingerprint density at radius 1 is 1.43 bits per heavy atom. The van der Waals surface area contributed by atoms with Crippen LogP contribution in [-0.4, -0.2) is 33.6 Å². The second-order valence-corrected chi connectivity index (χ2v) is 6.20. The van der Waals surface area contributed by atoms with Gasteiger partial charge in [0.15, 0.2) is 11.7 Å². The maximum absolute atomic E-state index is 13.1. The van der Waals surface area contributed by atoms with E-state index in [1.165, 1.54) is 6.07 Å². The summed E-state index contributed by atoms with van der Waals surface area (Å²) in [5.41, 5.74) is -0.860. The zero-order valence-corrected chi connectivity index (χ0v) is 12.3. The van der Waals surface area contributed by atoms with Gasteiger partial charge in [-0.25, -0.2) is 9.48 Å². The van der Waals surface area contributed by atoms with Crippen molar-refractivity contribution >= 4 is 11.8 Å². The van der Waals surface area contributed by atoms with E-state index in [9.17, 15) is 18.0 Å². The van der Waals surface area contributed by atoms with Crippen LogP contribution in [0.25, 0.3) is 0 Å². The Morgan fingerprint density at radius 2 is 2.05 bits per heavy atom. The van der Waals surface area contributed by atoms with Crippen LogP contribution in [0.5, 0.6) is 0 Å². The summed E-state index contributed by atoms with van der Waals surface area (Å²) in [6.45, 7) is 6.70. The molecule has 0 saturated carbocycles. The zero-order chi connectivity index (χ0) is 16.0. The van der Waals surface area contributed by atoms with Crippen LogP contribution >= 0.6 is 0 Å². The molecule has 0 radical (unpaired) electrons. The Hall–Kier alpha value is -1.73. The summed E-state index contributed by atoms with van der Waals surface area (Å²) in [7, 11) is 0. The first kappa shape index (κ1) is 15.7. The third kappa shape index (κ3) is 3.48. The minimum atomic E-state index is -4.41. The molecule has 2 heterocycles. The Bertz CT molecular complexity index is 546. The molecule has 5 nitrogen and oxygen atoms in total. The van der Waals surface area contributed by atoms with Crippen molar-refractivity contribution < 1.29 is 22.7 Å². The Kier molecular flexibility index (Phi) is 3.67. The number of nitrogens with one attached hydrogen (secondary N) is 1. The molecule has 0 aromatic carbocycles. The highest BCUT2D eigenvalue weighted by Gasteiger charge is 2.45. The molecule has 0 bridgehead atoms. The number of nitrogens with zero attached hydrogens (tertiary/aromatic N) is 2. The molecule has 2 atom stereocenters. The van der Waals surface area contributed by atoms with Crippen molar-refractivity contribution in [2.24, 2.45) is 0 Å². The molecule has 0 aliphatic carbocycles. The summed E-state index contributed by atoms with van der Waals surface area (Å²) in [5.74, 6) is -0.559. The first-order valence-electron chi connectivity index (χ1n) is 6.63. The van der Waals surface area contributed by atoms with Crippen LogP contribution in [0.15, 0.2) is 6.07 Å². The van der Waals surface area contributed by atoms with Gasteiger partial charge in [0.2, 0.25) is 0 Å². The molecule has 8 heteroatoms. The molecule has 0 amide bonds. The Morgan fingerprint density at radius 3 is 2.57 bits per heavy atom. The van der Waals surface area contributed by atoms with E-state index in [0.29, 0.717) is 0 Å². The van der Waals surface area contributed by atoms with E-state index >= 15 is 0 Å². The molecule has 0 unspecified atom stereocenters. The normalized spacial score (nSPS) is 22.4. The summed E-state index contributed by atoms with van der Waals surface area (Å²) < 4.78 is 45.2. The van der Waals surface area contributed by atoms with Gasteiger partial charge in [0.05, 0.1) is 0 Å². The lowest BCUT2D eigenvalue weighted by Crippen LogP contribution is -2.37. The Balaban J connectivity index is 2.33. The second kappa shape index (κ2) is 4.92. The summed E-state index contributed by atoms with van der Waals surface area (Å²) in [6.07, 6.45) is -4.55. The highest BCUT2D eigenvalue weighted by molar-refractivity contribution is 5.88. The summed E-state index contributed by atoms with van der Waals surface area (Å²) in [6, 6.07) is -0.796. The van der Waals surface area contributed by atoms with Crippen LogP contribution in [0.2, 0.25) is 0 Å². The van der Waals surface area contributed by atoms with Crippen LogP contribution in [0, 0.1) is 0 Å². The first-order valence-corrected chi connectivity index (χ1v) is 6.63. The van der Waals surface area contributed by atoms with Crippen molar-refractivity contribution in [3.8, 4) is 0 Å². The highest BCUT2D eigenvalue weighted by atomic mass is 19.4. The average molecular weight is 305 g/mol. The van der Waals surface area contributed by atoms with Crippen molar-refractivity contribution in [2.45, 2.75) is 58.0 Å².